The maximum absolute atomic E-state index is 11.6. The lowest BCUT2D eigenvalue weighted by Gasteiger charge is -2.23. The van der Waals surface area contributed by atoms with Crippen molar-refractivity contribution in [1.29, 1.82) is 0 Å². The Morgan fingerprint density at radius 3 is 2.58 bits per heavy atom. The number of ether oxygens (including phenoxy) is 1. The van der Waals surface area contributed by atoms with Crippen LogP contribution in [0.5, 0.6) is 0 Å². The number of amides is 2. The quantitative estimate of drug-likeness (QED) is 0.573. The van der Waals surface area contributed by atoms with E-state index in [0.717, 1.165) is 25.9 Å². The first-order chi connectivity index (χ1) is 8.75. The molecule has 0 spiro atoms. The van der Waals surface area contributed by atoms with E-state index in [1.54, 1.807) is 0 Å². The maximum atomic E-state index is 11.6. The predicted octanol–water partition coefficient (Wildman–Crippen LogP) is -0.571. The first-order valence-electron chi connectivity index (χ1n) is 6.62. The molecular weight excluding hydrogens is 270 g/mol. The molecule has 0 aromatic rings. The van der Waals surface area contributed by atoms with Gasteiger partial charge in [-0.1, -0.05) is 0 Å². The second kappa shape index (κ2) is 8.35. The number of hydrogen-bond donors (Lipinski definition) is 3. The summed E-state index contributed by atoms with van der Waals surface area (Å²) in [5.41, 5.74) is 0. The Balaban J connectivity index is 0.00000180. The van der Waals surface area contributed by atoms with Crippen molar-refractivity contribution in [2.24, 2.45) is 5.92 Å². The van der Waals surface area contributed by atoms with Gasteiger partial charge in [0.2, 0.25) is 11.8 Å². The van der Waals surface area contributed by atoms with Crippen LogP contribution in [0.4, 0.5) is 0 Å². The van der Waals surface area contributed by atoms with Crippen LogP contribution in [-0.4, -0.2) is 50.7 Å². The summed E-state index contributed by atoms with van der Waals surface area (Å²) in [4.78, 5) is 22.9. The third kappa shape index (κ3) is 6.22. The lowest BCUT2D eigenvalue weighted by atomic mass is 10.2. The molecule has 1 aliphatic carbocycles. The predicted molar refractivity (Wildman–Crippen MR) is 73.2 cm³/mol. The molecule has 1 saturated carbocycles. The molecular formula is C12H22ClN3O3. The smallest absolute Gasteiger partial charge is 0.223 e. The fourth-order valence-electron chi connectivity index (χ4n) is 1.91. The highest BCUT2D eigenvalue weighted by atomic mass is 35.5. The number of carbonyl (C=O) groups is 2. The molecule has 3 N–H and O–H groups in total. The first kappa shape index (κ1) is 16.2. The molecule has 19 heavy (non-hydrogen) atoms. The summed E-state index contributed by atoms with van der Waals surface area (Å²) < 4.78 is 5.44. The summed E-state index contributed by atoms with van der Waals surface area (Å²) in [6.07, 6.45) is 2.36. The fraction of sp³-hybridized carbons (Fsp3) is 0.833. The highest BCUT2D eigenvalue weighted by Crippen LogP contribution is 2.28. The van der Waals surface area contributed by atoms with Gasteiger partial charge < -0.3 is 20.7 Å². The number of rotatable bonds is 6. The van der Waals surface area contributed by atoms with E-state index in [4.69, 9.17) is 4.74 Å². The van der Waals surface area contributed by atoms with Crippen LogP contribution in [-0.2, 0) is 14.3 Å². The molecule has 110 valence electrons. The number of morpholine rings is 1. The van der Waals surface area contributed by atoms with Gasteiger partial charge in [0.15, 0.2) is 0 Å². The summed E-state index contributed by atoms with van der Waals surface area (Å²) in [7, 11) is 0. The zero-order chi connectivity index (χ0) is 12.8. The van der Waals surface area contributed by atoms with E-state index < -0.39 is 0 Å². The van der Waals surface area contributed by atoms with Gasteiger partial charge in [0.1, 0.15) is 0 Å². The molecule has 1 atom stereocenters. The molecule has 1 saturated heterocycles. The minimum Gasteiger partial charge on any atom is -0.375 e. The number of carbonyl (C=O) groups excluding carboxylic acids is 2. The molecule has 7 heteroatoms. The summed E-state index contributed by atoms with van der Waals surface area (Å²) in [6, 6.07) is 0. The standard InChI is InChI=1S/C12H21N3O3.ClH/c16-11(7-10-8-13-5-6-18-10)14-3-4-15-12(17)9-1-2-9;/h9-10,13H,1-8H2,(H,14,16)(H,15,17);1H. The van der Waals surface area contributed by atoms with Crippen molar-refractivity contribution in [1.82, 2.24) is 16.0 Å². The van der Waals surface area contributed by atoms with Crippen LogP contribution in [0.1, 0.15) is 19.3 Å². The van der Waals surface area contributed by atoms with Crippen molar-refractivity contribution in [3.05, 3.63) is 0 Å². The molecule has 1 unspecified atom stereocenters. The Labute approximate surface area is 119 Å². The van der Waals surface area contributed by atoms with Crippen molar-refractivity contribution in [3.63, 3.8) is 0 Å². The summed E-state index contributed by atoms with van der Waals surface area (Å²) >= 11 is 0. The Bertz CT molecular complexity index is 305. The zero-order valence-electron chi connectivity index (χ0n) is 10.9. The van der Waals surface area contributed by atoms with Crippen molar-refractivity contribution in [3.8, 4) is 0 Å². The SMILES string of the molecule is Cl.O=C(CC1CNCCO1)NCCNC(=O)C1CC1. The number of halogens is 1. The topological polar surface area (TPSA) is 79.5 Å². The molecule has 2 rings (SSSR count). The van der Waals surface area contributed by atoms with E-state index in [-0.39, 0.29) is 36.2 Å². The van der Waals surface area contributed by atoms with Crippen LogP contribution in [0.25, 0.3) is 0 Å². The molecule has 2 amide bonds. The largest absolute Gasteiger partial charge is 0.375 e. The molecule has 0 aromatic heterocycles. The number of nitrogens with one attached hydrogen (secondary N) is 3. The van der Waals surface area contributed by atoms with Gasteiger partial charge in [-0.25, -0.2) is 0 Å². The van der Waals surface area contributed by atoms with Crippen molar-refractivity contribution in [2.45, 2.75) is 25.4 Å². The average Bonchev–Trinajstić information content (AvgIpc) is 3.20. The third-order valence-corrected chi connectivity index (χ3v) is 3.11. The highest BCUT2D eigenvalue weighted by molar-refractivity contribution is 5.85. The third-order valence-electron chi connectivity index (χ3n) is 3.11. The Morgan fingerprint density at radius 1 is 1.21 bits per heavy atom. The van der Waals surface area contributed by atoms with Gasteiger partial charge in [-0.15, -0.1) is 12.4 Å². The Kier molecular flexibility index (Phi) is 7.12. The van der Waals surface area contributed by atoms with Crippen molar-refractivity contribution in [2.75, 3.05) is 32.8 Å². The normalized spacial score (nSPS) is 22.2. The maximum Gasteiger partial charge on any atom is 0.223 e. The van der Waals surface area contributed by atoms with Crippen LogP contribution in [0, 0.1) is 5.92 Å². The second-order valence-electron chi connectivity index (χ2n) is 4.82. The van der Waals surface area contributed by atoms with E-state index >= 15 is 0 Å². The van der Waals surface area contributed by atoms with Gasteiger partial charge in [0, 0.05) is 32.1 Å². The van der Waals surface area contributed by atoms with E-state index in [0.29, 0.717) is 26.1 Å². The summed E-state index contributed by atoms with van der Waals surface area (Å²) in [6.45, 7) is 3.23. The summed E-state index contributed by atoms with van der Waals surface area (Å²) in [5, 5.41) is 8.77. The van der Waals surface area contributed by atoms with E-state index in [1.165, 1.54) is 0 Å². The average molecular weight is 292 g/mol. The lowest BCUT2D eigenvalue weighted by molar-refractivity contribution is -0.125. The van der Waals surface area contributed by atoms with Crippen LogP contribution >= 0.6 is 12.4 Å². The monoisotopic (exact) mass is 291 g/mol. The molecule has 2 aliphatic rings. The molecule has 2 fully saturated rings. The molecule has 1 heterocycles. The lowest BCUT2D eigenvalue weighted by Crippen LogP contribution is -2.42. The van der Waals surface area contributed by atoms with Gasteiger partial charge in [-0.05, 0) is 12.8 Å². The van der Waals surface area contributed by atoms with Crippen LogP contribution < -0.4 is 16.0 Å². The molecule has 1 aliphatic heterocycles. The fourth-order valence-corrected chi connectivity index (χ4v) is 1.91. The first-order valence-corrected chi connectivity index (χ1v) is 6.62. The van der Waals surface area contributed by atoms with E-state index in [2.05, 4.69) is 16.0 Å². The van der Waals surface area contributed by atoms with Crippen molar-refractivity contribution >= 4 is 24.2 Å². The Morgan fingerprint density at radius 2 is 1.95 bits per heavy atom. The minimum atomic E-state index is -0.0280. The van der Waals surface area contributed by atoms with Gasteiger partial charge in [0.25, 0.3) is 0 Å². The van der Waals surface area contributed by atoms with E-state index in [9.17, 15) is 9.59 Å². The van der Waals surface area contributed by atoms with Gasteiger partial charge >= 0.3 is 0 Å². The van der Waals surface area contributed by atoms with Crippen LogP contribution in [0.2, 0.25) is 0 Å². The minimum absolute atomic E-state index is 0. The second-order valence-corrected chi connectivity index (χ2v) is 4.82. The molecule has 0 bridgehead atoms. The van der Waals surface area contributed by atoms with Gasteiger partial charge in [0.05, 0.1) is 19.1 Å². The van der Waals surface area contributed by atoms with Crippen molar-refractivity contribution < 1.29 is 14.3 Å². The van der Waals surface area contributed by atoms with Crippen LogP contribution in [0.3, 0.4) is 0 Å². The summed E-state index contributed by atoms with van der Waals surface area (Å²) in [5.74, 6) is 0.316. The van der Waals surface area contributed by atoms with Gasteiger partial charge in [-0.2, -0.15) is 0 Å². The Hall–Kier alpha value is -0.850. The number of hydrogen-bond acceptors (Lipinski definition) is 4. The highest BCUT2D eigenvalue weighted by Gasteiger charge is 2.29. The molecule has 0 aromatic carbocycles. The van der Waals surface area contributed by atoms with Crippen LogP contribution in [0.15, 0.2) is 0 Å². The van der Waals surface area contributed by atoms with E-state index in [1.807, 2.05) is 0 Å². The van der Waals surface area contributed by atoms with Gasteiger partial charge in [-0.3, -0.25) is 9.59 Å². The molecule has 6 nitrogen and oxygen atoms in total. The zero-order valence-corrected chi connectivity index (χ0v) is 11.8. The molecule has 0 radical (unpaired) electrons.